The highest BCUT2D eigenvalue weighted by atomic mass is 32.2. The fraction of sp³-hybridized carbons (Fsp3) is 0. The third-order valence-corrected chi connectivity index (χ3v) is 2.07. The van der Waals surface area contributed by atoms with Gasteiger partial charge in [0.2, 0.25) is 0 Å². The lowest BCUT2D eigenvalue weighted by atomic mass is 10.3. The summed E-state index contributed by atoms with van der Waals surface area (Å²) in [6.45, 7) is 0. The lowest BCUT2D eigenvalue weighted by Gasteiger charge is -1.91. The first-order valence-corrected chi connectivity index (χ1v) is 4.62. The van der Waals surface area contributed by atoms with E-state index in [1.54, 1.807) is 24.3 Å². The van der Waals surface area contributed by atoms with Crippen molar-refractivity contribution in [1.29, 1.82) is 0 Å². The highest BCUT2D eigenvalue weighted by molar-refractivity contribution is 7.63. The predicted octanol–water partition coefficient (Wildman–Crippen LogP) is 1.24. The van der Waals surface area contributed by atoms with Gasteiger partial charge >= 0.3 is 0 Å². The maximum atomic E-state index is 10.5. The zero-order valence-electron chi connectivity index (χ0n) is 6.47. The molecular weight excluding hydrogens is 190 g/mol. The third kappa shape index (κ3) is 1.46. The minimum atomic E-state index is -2.36. The molecule has 0 atom stereocenters. The number of benzene rings is 1. The first-order chi connectivity index (χ1) is 6.27. The van der Waals surface area contributed by atoms with Crippen LogP contribution in [0.15, 0.2) is 34.9 Å². The summed E-state index contributed by atoms with van der Waals surface area (Å²) in [6.07, 6.45) is 1.19. The van der Waals surface area contributed by atoms with E-state index in [1.807, 2.05) is 0 Å². The van der Waals surface area contributed by atoms with Crippen LogP contribution in [-0.4, -0.2) is 13.4 Å². The van der Waals surface area contributed by atoms with Gasteiger partial charge in [-0.2, -0.15) is 8.42 Å². The molecule has 4 nitrogen and oxygen atoms in total. The van der Waals surface area contributed by atoms with Gasteiger partial charge < -0.3 is 4.42 Å². The van der Waals surface area contributed by atoms with Crippen LogP contribution in [0.5, 0.6) is 0 Å². The van der Waals surface area contributed by atoms with Gasteiger partial charge in [-0.15, -0.1) is 0 Å². The van der Waals surface area contributed by atoms with Gasteiger partial charge in [0.25, 0.3) is 15.0 Å². The first kappa shape index (κ1) is 8.00. The Morgan fingerprint density at radius 1 is 1.23 bits per heavy atom. The number of fused-ring (bicyclic) bond motifs is 1. The second kappa shape index (κ2) is 3.02. The summed E-state index contributed by atoms with van der Waals surface area (Å²) in [5.41, 5.74) is 1.10. The highest BCUT2D eigenvalue weighted by Gasteiger charge is 1.94. The summed E-state index contributed by atoms with van der Waals surface area (Å²) >= 11 is 0. The molecule has 1 aromatic carbocycles. The molecule has 5 heteroatoms. The summed E-state index contributed by atoms with van der Waals surface area (Å²) in [4.78, 5) is 3.92. The molecule has 0 aliphatic carbocycles. The van der Waals surface area contributed by atoms with Gasteiger partial charge in [-0.25, -0.2) is 4.98 Å². The Hall–Kier alpha value is -1.62. The van der Waals surface area contributed by atoms with Crippen molar-refractivity contribution in [3.8, 4) is 0 Å². The average molecular weight is 195 g/mol. The van der Waals surface area contributed by atoms with Crippen LogP contribution < -0.4 is 0 Å². The number of para-hydroxylation sites is 2. The Morgan fingerprint density at radius 3 is 2.77 bits per heavy atom. The molecule has 1 aromatic heterocycles. The van der Waals surface area contributed by atoms with Crippen molar-refractivity contribution < 1.29 is 12.8 Å². The van der Waals surface area contributed by atoms with Crippen LogP contribution in [0.3, 0.4) is 0 Å². The second-order valence-electron chi connectivity index (χ2n) is 2.38. The normalized spacial score (nSPS) is 10.2. The van der Waals surface area contributed by atoms with Crippen LogP contribution in [0.2, 0.25) is 0 Å². The summed E-state index contributed by atoms with van der Waals surface area (Å²) in [5.74, 6) is 0. The molecule has 66 valence electrons. The number of hydrogen-bond donors (Lipinski definition) is 0. The smallest absolute Gasteiger partial charge is 0.264 e. The van der Waals surface area contributed by atoms with Gasteiger partial charge in [-0.1, -0.05) is 12.1 Å². The molecule has 0 saturated carbocycles. The van der Waals surface area contributed by atoms with E-state index in [4.69, 9.17) is 4.42 Å². The van der Waals surface area contributed by atoms with E-state index in [0.717, 1.165) is 0 Å². The predicted molar refractivity (Wildman–Crippen MR) is 46.2 cm³/mol. The van der Waals surface area contributed by atoms with E-state index < -0.39 is 10.3 Å². The summed E-state index contributed by atoms with van der Waals surface area (Å²) in [7, 11) is -2.36. The molecule has 0 radical (unpaired) electrons. The van der Waals surface area contributed by atoms with Gasteiger partial charge in [0.05, 0.1) is 6.20 Å². The largest absolute Gasteiger partial charge is 0.438 e. The molecule has 1 heterocycles. The Morgan fingerprint density at radius 2 is 2.00 bits per heavy atom. The molecular formula is C8H5NO3S. The van der Waals surface area contributed by atoms with Crippen molar-refractivity contribution in [2.24, 2.45) is 0 Å². The maximum Gasteiger partial charge on any atom is 0.264 e. The van der Waals surface area contributed by atoms with Crippen LogP contribution in [0.1, 0.15) is 0 Å². The van der Waals surface area contributed by atoms with Crippen molar-refractivity contribution >= 4 is 21.4 Å². The van der Waals surface area contributed by atoms with Crippen LogP contribution in [0.4, 0.5) is 0 Å². The van der Waals surface area contributed by atoms with Gasteiger partial charge in [0.15, 0.2) is 5.58 Å². The molecule has 0 aliphatic heterocycles. The van der Waals surface area contributed by atoms with E-state index in [2.05, 4.69) is 4.98 Å². The van der Waals surface area contributed by atoms with E-state index in [9.17, 15) is 8.42 Å². The number of hydrogen-bond acceptors (Lipinski definition) is 4. The fourth-order valence-electron chi connectivity index (χ4n) is 0.984. The molecule has 2 aromatic rings. The molecule has 0 amide bonds. The Kier molecular flexibility index (Phi) is 1.86. The van der Waals surface area contributed by atoms with E-state index >= 15 is 0 Å². The molecule has 2 rings (SSSR count). The fourth-order valence-corrected chi connectivity index (χ4v) is 1.28. The number of rotatable bonds is 0. The molecule has 13 heavy (non-hydrogen) atoms. The SMILES string of the molecule is O=S(=O)=c1cnc2ccccc2o1. The average Bonchev–Trinajstić information content (AvgIpc) is 2.17. The zero-order chi connectivity index (χ0) is 9.26. The van der Waals surface area contributed by atoms with Crippen molar-refractivity contribution in [1.82, 2.24) is 4.98 Å². The van der Waals surface area contributed by atoms with Crippen molar-refractivity contribution in [3.05, 3.63) is 35.2 Å². The highest BCUT2D eigenvalue weighted by Crippen LogP contribution is 2.09. The topological polar surface area (TPSA) is 60.2 Å². The van der Waals surface area contributed by atoms with Crippen molar-refractivity contribution in [3.63, 3.8) is 0 Å². The van der Waals surface area contributed by atoms with Gasteiger partial charge in [-0.3, -0.25) is 0 Å². The quantitative estimate of drug-likeness (QED) is 0.593. The molecule has 0 bridgehead atoms. The molecule has 0 aliphatic rings. The van der Waals surface area contributed by atoms with Gasteiger partial charge in [0, 0.05) is 0 Å². The summed E-state index contributed by atoms with van der Waals surface area (Å²) < 4.78 is 25.9. The van der Waals surface area contributed by atoms with Crippen molar-refractivity contribution in [2.75, 3.05) is 0 Å². The van der Waals surface area contributed by atoms with E-state index in [-0.39, 0.29) is 4.71 Å². The van der Waals surface area contributed by atoms with Crippen LogP contribution in [0, 0.1) is 4.71 Å². The molecule has 0 unspecified atom stereocenters. The Labute approximate surface area is 75.0 Å². The van der Waals surface area contributed by atoms with E-state index in [1.165, 1.54) is 6.20 Å². The maximum absolute atomic E-state index is 10.5. The monoisotopic (exact) mass is 195 g/mol. The van der Waals surface area contributed by atoms with Crippen LogP contribution >= 0.6 is 0 Å². The lowest BCUT2D eigenvalue weighted by molar-refractivity contribution is 0.562. The van der Waals surface area contributed by atoms with Crippen LogP contribution in [0.25, 0.3) is 11.1 Å². The lowest BCUT2D eigenvalue weighted by Crippen LogP contribution is -1.78. The van der Waals surface area contributed by atoms with Crippen molar-refractivity contribution in [2.45, 2.75) is 0 Å². The molecule has 0 spiro atoms. The first-order valence-electron chi connectivity index (χ1n) is 3.54. The zero-order valence-corrected chi connectivity index (χ0v) is 7.28. The van der Waals surface area contributed by atoms with Gasteiger partial charge in [-0.05, 0) is 12.1 Å². The summed E-state index contributed by atoms with van der Waals surface area (Å²) in [6, 6.07) is 6.97. The Balaban J connectivity index is 3.01. The number of nitrogens with zero attached hydrogens (tertiary/aromatic N) is 1. The minimum Gasteiger partial charge on any atom is -0.438 e. The number of aromatic nitrogens is 1. The third-order valence-electron chi connectivity index (χ3n) is 1.55. The Bertz CT molecular complexity index is 604. The molecule has 0 fully saturated rings. The molecule has 0 saturated heterocycles. The second-order valence-corrected chi connectivity index (χ2v) is 3.25. The minimum absolute atomic E-state index is 0.154. The standard InChI is InChI=1S/C8H5NO3S/c10-13(11)8-5-9-6-3-1-2-4-7(6)12-8/h1-5H. The van der Waals surface area contributed by atoms with Gasteiger partial charge in [0.1, 0.15) is 5.52 Å². The van der Waals surface area contributed by atoms with Crippen LogP contribution in [-0.2, 0) is 10.3 Å². The summed E-state index contributed by atoms with van der Waals surface area (Å²) in [5, 5.41) is 0. The molecule has 0 N–H and O–H groups in total. The van der Waals surface area contributed by atoms with E-state index in [0.29, 0.717) is 11.1 Å².